The van der Waals surface area contributed by atoms with Crippen LogP contribution in [0, 0.1) is 5.92 Å². The predicted molar refractivity (Wildman–Crippen MR) is 113 cm³/mol. The highest BCUT2D eigenvalue weighted by Crippen LogP contribution is 2.19. The van der Waals surface area contributed by atoms with E-state index in [1.807, 2.05) is 29.2 Å². The molecule has 0 aliphatic carbocycles. The lowest BCUT2D eigenvalue weighted by atomic mass is 10.1. The van der Waals surface area contributed by atoms with Gasteiger partial charge in [0.25, 0.3) is 5.56 Å². The first-order valence-corrected chi connectivity index (χ1v) is 10.9. The van der Waals surface area contributed by atoms with E-state index in [1.54, 1.807) is 4.57 Å². The summed E-state index contributed by atoms with van der Waals surface area (Å²) in [4.78, 5) is 32.2. The first-order chi connectivity index (χ1) is 13.0. The quantitative estimate of drug-likeness (QED) is 0.452. The smallest absolute Gasteiger partial charge is 0.262 e. The number of para-hydroxylation sites is 1. The molecule has 1 aromatic heterocycles. The second-order valence-corrected chi connectivity index (χ2v) is 8.16. The molecule has 27 heavy (non-hydrogen) atoms. The van der Waals surface area contributed by atoms with Crippen molar-refractivity contribution < 1.29 is 4.79 Å². The van der Waals surface area contributed by atoms with Gasteiger partial charge in [0.15, 0.2) is 5.16 Å². The van der Waals surface area contributed by atoms with Crippen LogP contribution in [-0.4, -0.2) is 39.2 Å². The summed E-state index contributed by atoms with van der Waals surface area (Å²) in [6.45, 7) is 10.6. The number of nitrogens with zero attached hydrogens (tertiary/aromatic N) is 3. The number of thioether (sulfide) groups is 1. The fraction of sp³-hybridized carbons (Fsp3) is 0.571. The molecule has 2 aromatic rings. The van der Waals surface area contributed by atoms with Crippen LogP contribution >= 0.6 is 11.8 Å². The Morgan fingerprint density at radius 3 is 2.48 bits per heavy atom. The van der Waals surface area contributed by atoms with Crippen LogP contribution in [0.5, 0.6) is 0 Å². The Bertz CT molecular complexity index is 811. The van der Waals surface area contributed by atoms with Crippen LogP contribution in [0.3, 0.4) is 0 Å². The van der Waals surface area contributed by atoms with E-state index < -0.39 is 0 Å². The number of rotatable bonds is 10. The molecule has 0 bridgehead atoms. The minimum atomic E-state index is -0.0184. The molecule has 2 rings (SSSR count). The first-order valence-electron chi connectivity index (χ1n) is 9.88. The Morgan fingerprint density at radius 2 is 1.85 bits per heavy atom. The Labute approximate surface area is 166 Å². The van der Waals surface area contributed by atoms with Crippen molar-refractivity contribution in [2.75, 3.05) is 18.8 Å². The lowest BCUT2D eigenvalue weighted by molar-refractivity contribution is -0.128. The van der Waals surface area contributed by atoms with Crippen molar-refractivity contribution in [3.63, 3.8) is 0 Å². The SMILES string of the molecule is CCCN(CCC)C(=O)CSc1nc2ccccc2c(=O)n1CCC(C)C. The number of hydrogen-bond acceptors (Lipinski definition) is 4. The van der Waals surface area contributed by atoms with Gasteiger partial charge >= 0.3 is 0 Å². The van der Waals surface area contributed by atoms with Gasteiger partial charge in [0.05, 0.1) is 16.7 Å². The van der Waals surface area contributed by atoms with Gasteiger partial charge < -0.3 is 4.90 Å². The van der Waals surface area contributed by atoms with Crippen molar-refractivity contribution in [1.82, 2.24) is 14.5 Å². The van der Waals surface area contributed by atoms with Crippen LogP contribution in [0.4, 0.5) is 0 Å². The van der Waals surface area contributed by atoms with Gasteiger partial charge in [-0.25, -0.2) is 4.98 Å². The van der Waals surface area contributed by atoms with Gasteiger partial charge in [-0.15, -0.1) is 0 Å². The van der Waals surface area contributed by atoms with Crippen molar-refractivity contribution in [1.29, 1.82) is 0 Å². The molecule has 1 amide bonds. The maximum atomic E-state index is 13.0. The molecule has 0 atom stereocenters. The lowest BCUT2D eigenvalue weighted by Crippen LogP contribution is -2.34. The highest BCUT2D eigenvalue weighted by Gasteiger charge is 2.16. The van der Waals surface area contributed by atoms with Crippen molar-refractivity contribution in [3.05, 3.63) is 34.6 Å². The third kappa shape index (κ3) is 5.83. The van der Waals surface area contributed by atoms with E-state index in [4.69, 9.17) is 4.98 Å². The summed E-state index contributed by atoms with van der Waals surface area (Å²) in [6, 6.07) is 7.43. The van der Waals surface area contributed by atoms with Crippen LogP contribution in [-0.2, 0) is 11.3 Å². The molecule has 0 aliphatic rings. The largest absolute Gasteiger partial charge is 0.342 e. The van der Waals surface area contributed by atoms with E-state index in [0.717, 1.165) is 32.4 Å². The van der Waals surface area contributed by atoms with Crippen LogP contribution < -0.4 is 5.56 Å². The fourth-order valence-electron chi connectivity index (χ4n) is 2.96. The molecular weight excluding hydrogens is 358 g/mol. The van der Waals surface area contributed by atoms with E-state index in [1.165, 1.54) is 11.8 Å². The van der Waals surface area contributed by atoms with Crippen LogP contribution in [0.25, 0.3) is 10.9 Å². The van der Waals surface area contributed by atoms with Gasteiger partial charge in [-0.1, -0.05) is 51.6 Å². The molecule has 0 N–H and O–H groups in total. The van der Waals surface area contributed by atoms with Gasteiger partial charge in [0.1, 0.15) is 0 Å². The highest BCUT2D eigenvalue weighted by molar-refractivity contribution is 7.99. The van der Waals surface area contributed by atoms with E-state index in [2.05, 4.69) is 27.7 Å². The second-order valence-electron chi connectivity index (χ2n) is 7.22. The Kier molecular flexibility index (Phi) is 8.35. The number of fused-ring (bicyclic) bond motifs is 1. The van der Waals surface area contributed by atoms with E-state index >= 15 is 0 Å². The molecule has 5 nitrogen and oxygen atoms in total. The Morgan fingerprint density at radius 1 is 1.19 bits per heavy atom. The minimum Gasteiger partial charge on any atom is -0.342 e. The van der Waals surface area contributed by atoms with Crippen LogP contribution in [0.2, 0.25) is 0 Å². The molecule has 0 unspecified atom stereocenters. The molecule has 0 spiro atoms. The second kappa shape index (κ2) is 10.5. The van der Waals surface area contributed by atoms with Crippen molar-refractivity contribution in [3.8, 4) is 0 Å². The maximum absolute atomic E-state index is 13.0. The number of carbonyl (C=O) groups excluding carboxylic acids is 1. The van der Waals surface area contributed by atoms with Gasteiger partial charge in [0, 0.05) is 19.6 Å². The van der Waals surface area contributed by atoms with Crippen LogP contribution in [0.15, 0.2) is 34.2 Å². The van der Waals surface area contributed by atoms with Gasteiger partial charge in [0.2, 0.25) is 5.91 Å². The Hall–Kier alpha value is -1.82. The summed E-state index contributed by atoms with van der Waals surface area (Å²) in [5.41, 5.74) is 0.674. The normalized spacial score (nSPS) is 11.3. The average molecular weight is 390 g/mol. The highest BCUT2D eigenvalue weighted by atomic mass is 32.2. The van der Waals surface area contributed by atoms with E-state index in [9.17, 15) is 9.59 Å². The van der Waals surface area contributed by atoms with Gasteiger partial charge in [-0.2, -0.15) is 0 Å². The molecule has 0 fully saturated rings. The zero-order valence-electron chi connectivity index (χ0n) is 16.9. The topological polar surface area (TPSA) is 55.2 Å². The zero-order valence-corrected chi connectivity index (χ0v) is 17.7. The molecule has 0 aliphatic heterocycles. The number of amides is 1. The molecule has 0 saturated heterocycles. The van der Waals surface area contributed by atoms with Crippen molar-refractivity contribution in [2.45, 2.75) is 58.7 Å². The molecule has 1 heterocycles. The number of benzene rings is 1. The van der Waals surface area contributed by atoms with Crippen molar-refractivity contribution >= 4 is 28.6 Å². The number of hydrogen-bond donors (Lipinski definition) is 0. The van der Waals surface area contributed by atoms with Crippen LogP contribution in [0.1, 0.15) is 47.0 Å². The van der Waals surface area contributed by atoms with E-state index in [0.29, 0.717) is 34.3 Å². The average Bonchev–Trinajstić information content (AvgIpc) is 2.65. The summed E-state index contributed by atoms with van der Waals surface area (Å²) < 4.78 is 1.74. The molecular formula is C21H31N3O2S. The number of carbonyl (C=O) groups is 1. The standard InChI is InChI=1S/C21H31N3O2S/c1-5-12-23(13-6-2)19(25)15-27-21-22-18-10-8-7-9-17(18)20(26)24(21)14-11-16(3)4/h7-10,16H,5-6,11-15H2,1-4H3. The van der Waals surface area contributed by atoms with E-state index in [-0.39, 0.29) is 11.5 Å². The van der Waals surface area contributed by atoms with Gasteiger partial charge in [-0.05, 0) is 37.3 Å². The summed E-state index contributed by atoms with van der Waals surface area (Å²) in [6.07, 6.45) is 2.80. The molecule has 0 radical (unpaired) electrons. The fourth-order valence-corrected chi connectivity index (χ4v) is 3.89. The third-order valence-electron chi connectivity index (χ3n) is 4.42. The zero-order chi connectivity index (χ0) is 19.8. The summed E-state index contributed by atoms with van der Waals surface area (Å²) >= 11 is 1.38. The summed E-state index contributed by atoms with van der Waals surface area (Å²) in [7, 11) is 0. The van der Waals surface area contributed by atoms with Crippen molar-refractivity contribution in [2.24, 2.45) is 5.92 Å². The molecule has 0 saturated carbocycles. The number of aromatic nitrogens is 2. The summed E-state index contributed by atoms with van der Waals surface area (Å²) in [5, 5.41) is 1.27. The molecule has 148 valence electrons. The predicted octanol–water partition coefficient (Wildman–Crippen LogP) is 4.18. The summed E-state index contributed by atoms with van der Waals surface area (Å²) in [5.74, 6) is 0.917. The molecule has 1 aromatic carbocycles. The Balaban J connectivity index is 2.28. The first kappa shape index (κ1) is 21.5. The lowest BCUT2D eigenvalue weighted by Gasteiger charge is -2.21. The third-order valence-corrected chi connectivity index (χ3v) is 5.38. The molecule has 6 heteroatoms. The van der Waals surface area contributed by atoms with Gasteiger partial charge in [-0.3, -0.25) is 14.2 Å². The maximum Gasteiger partial charge on any atom is 0.262 e. The monoisotopic (exact) mass is 389 g/mol. The minimum absolute atomic E-state index is 0.0184.